The van der Waals surface area contributed by atoms with Crippen molar-refractivity contribution in [3.05, 3.63) is 47.7 Å². The zero-order valence-electron chi connectivity index (χ0n) is 25.5. The van der Waals surface area contributed by atoms with E-state index < -0.39 is 20.6 Å². The molecule has 3 N–H and O–H groups in total. The normalized spacial score (nSPS) is 14.6. The fourth-order valence-electron chi connectivity index (χ4n) is 4.77. The Labute approximate surface area is 255 Å². The van der Waals surface area contributed by atoms with Crippen molar-refractivity contribution >= 4 is 44.3 Å². The summed E-state index contributed by atoms with van der Waals surface area (Å²) in [6.07, 6.45) is 4.75. The molecule has 0 saturated carbocycles. The smallest absolute Gasteiger partial charge is 0.338 e. The molecule has 1 aliphatic heterocycles. The third kappa shape index (κ3) is 6.43. The molecule has 0 spiro atoms. The lowest BCUT2D eigenvalue weighted by Crippen LogP contribution is -2.47. The molecule has 4 aromatic rings. The summed E-state index contributed by atoms with van der Waals surface area (Å²) in [6, 6.07) is 3.25. The van der Waals surface area contributed by atoms with Gasteiger partial charge in [0.05, 0.1) is 22.4 Å². The Morgan fingerprint density at radius 2 is 1.75 bits per heavy atom. The molecule has 1 aliphatic rings. The lowest BCUT2D eigenvalue weighted by molar-refractivity contribution is 0.0696. The van der Waals surface area contributed by atoms with Crippen LogP contribution in [0.15, 0.2) is 35.7 Å². The second-order valence-electron chi connectivity index (χ2n) is 11.7. The maximum atomic E-state index is 13.7. The molecule has 0 aliphatic carbocycles. The second kappa shape index (κ2) is 12.3. The molecular formula is C29H37N9O5S. The average Bonchev–Trinajstić information content (AvgIpc) is 3.31. The van der Waals surface area contributed by atoms with Crippen LogP contribution >= 0.6 is 0 Å². The fraction of sp³-hybridized carbons (Fsp3) is 0.448. The molecule has 0 bridgehead atoms. The van der Waals surface area contributed by atoms with Crippen LogP contribution in [0.3, 0.4) is 0 Å². The number of hydrogen-bond acceptors (Lipinski definition) is 12. The molecule has 5 rings (SSSR count). The zero-order valence-corrected chi connectivity index (χ0v) is 26.3. The summed E-state index contributed by atoms with van der Waals surface area (Å²) >= 11 is 0. The van der Waals surface area contributed by atoms with Crippen molar-refractivity contribution in [1.29, 1.82) is 0 Å². The van der Waals surface area contributed by atoms with Gasteiger partial charge >= 0.3 is 5.97 Å². The largest absolute Gasteiger partial charge is 0.492 e. The van der Waals surface area contributed by atoms with Gasteiger partial charge < -0.3 is 20.1 Å². The summed E-state index contributed by atoms with van der Waals surface area (Å²) < 4.78 is 32.5. The van der Waals surface area contributed by atoms with E-state index in [-0.39, 0.29) is 16.2 Å². The minimum atomic E-state index is -3.78. The van der Waals surface area contributed by atoms with Crippen LogP contribution in [0.2, 0.25) is 0 Å². The van der Waals surface area contributed by atoms with Crippen molar-refractivity contribution in [3.8, 4) is 5.75 Å². The van der Waals surface area contributed by atoms with E-state index in [1.165, 1.54) is 18.7 Å². The Morgan fingerprint density at radius 3 is 2.36 bits per heavy atom. The maximum Gasteiger partial charge on any atom is 0.338 e. The number of carboxylic acids is 1. The second-order valence-corrected chi connectivity index (χ2v) is 14.4. The van der Waals surface area contributed by atoms with Crippen LogP contribution < -0.4 is 15.0 Å². The maximum absolute atomic E-state index is 13.7. The number of aromatic carboxylic acids is 1. The van der Waals surface area contributed by atoms with Crippen molar-refractivity contribution in [2.24, 2.45) is 0 Å². The number of aromatic nitrogens is 6. The highest BCUT2D eigenvalue weighted by Gasteiger charge is 2.34. The number of aromatic amines is 1. The quantitative estimate of drug-likeness (QED) is 0.219. The van der Waals surface area contributed by atoms with Gasteiger partial charge in [-0.15, -0.1) is 0 Å². The first-order valence-corrected chi connectivity index (χ1v) is 15.8. The Kier molecular flexibility index (Phi) is 8.70. The predicted octanol–water partition coefficient (Wildman–Crippen LogP) is 3.36. The lowest BCUT2D eigenvalue weighted by Gasteiger charge is -2.34. The SMILES string of the molecule is Cc1[nH]nc(Nc2ncnc3cc(OCCCN4CCN(c5ncc(C(=O)O)cn5)CC4)c(S(=O)(=O)C(C)(C)C)cc23)c1C. The fourth-order valence-corrected chi connectivity index (χ4v) is 6.09. The van der Waals surface area contributed by atoms with Gasteiger partial charge in [0.1, 0.15) is 22.8 Å². The summed E-state index contributed by atoms with van der Waals surface area (Å²) in [5.41, 5.74) is 2.45. The molecule has 1 fully saturated rings. The van der Waals surface area contributed by atoms with Gasteiger partial charge in [-0.3, -0.25) is 10.00 Å². The van der Waals surface area contributed by atoms with Crippen LogP contribution in [-0.2, 0) is 9.84 Å². The first kappa shape index (κ1) is 31.1. The number of carbonyl (C=O) groups is 1. The van der Waals surface area contributed by atoms with E-state index in [2.05, 4.69) is 40.3 Å². The van der Waals surface area contributed by atoms with E-state index in [4.69, 9.17) is 9.84 Å². The standard InChI is InChI=1S/C29H37N9O5S/c1-18-19(2)35-36-25(18)34-26-21-13-24(44(41,42)29(3,4)5)23(14-22(21)32-17-33-26)43-12-6-7-37-8-10-38(11-9-37)28-30-15-20(16-31-28)27(39)40/h13-17H,6-12H2,1-5H3,(H,39,40)(H2,32,33,34,35,36). The highest BCUT2D eigenvalue weighted by Crippen LogP contribution is 2.37. The number of rotatable bonds is 10. The van der Waals surface area contributed by atoms with E-state index in [9.17, 15) is 13.2 Å². The summed E-state index contributed by atoms with van der Waals surface area (Å²) in [7, 11) is -3.78. The van der Waals surface area contributed by atoms with Gasteiger partial charge in [-0.25, -0.2) is 33.1 Å². The molecule has 4 heterocycles. The summed E-state index contributed by atoms with van der Waals surface area (Å²) in [6.45, 7) is 12.9. The number of sulfone groups is 1. The molecule has 0 unspecified atom stereocenters. The van der Waals surface area contributed by atoms with E-state index in [1.54, 1.807) is 32.9 Å². The minimum Gasteiger partial charge on any atom is -0.492 e. The van der Waals surface area contributed by atoms with Gasteiger partial charge in [-0.1, -0.05) is 0 Å². The molecule has 234 valence electrons. The van der Waals surface area contributed by atoms with Crippen molar-refractivity contribution in [3.63, 3.8) is 0 Å². The van der Waals surface area contributed by atoms with Gasteiger partial charge in [0.2, 0.25) is 5.95 Å². The molecule has 0 atom stereocenters. The van der Waals surface area contributed by atoms with Gasteiger partial charge in [0, 0.05) is 67.8 Å². The number of anilines is 3. The van der Waals surface area contributed by atoms with Gasteiger partial charge in [0.15, 0.2) is 15.7 Å². The van der Waals surface area contributed by atoms with Gasteiger partial charge in [-0.05, 0) is 47.1 Å². The number of benzene rings is 1. The number of aryl methyl sites for hydroxylation is 1. The molecule has 14 nitrogen and oxygen atoms in total. The number of nitrogens with zero attached hydrogens (tertiary/aromatic N) is 7. The van der Waals surface area contributed by atoms with Gasteiger partial charge in [-0.2, -0.15) is 5.10 Å². The molecule has 3 aromatic heterocycles. The first-order chi connectivity index (χ1) is 20.8. The number of piperazine rings is 1. The predicted molar refractivity (Wildman–Crippen MR) is 166 cm³/mol. The molecule has 15 heteroatoms. The van der Waals surface area contributed by atoms with E-state index in [0.29, 0.717) is 54.6 Å². The van der Waals surface area contributed by atoms with Crippen molar-refractivity contribution in [2.75, 3.05) is 49.5 Å². The Balaban J connectivity index is 1.27. The number of hydrogen-bond donors (Lipinski definition) is 3. The Hall–Kier alpha value is -4.37. The van der Waals surface area contributed by atoms with E-state index >= 15 is 0 Å². The summed E-state index contributed by atoms with van der Waals surface area (Å²) in [5.74, 6) is 0.770. The number of H-pyrrole nitrogens is 1. The van der Waals surface area contributed by atoms with E-state index in [1.807, 2.05) is 18.7 Å². The summed E-state index contributed by atoms with van der Waals surface area (Å²) in [5, 5.41) is 20.0. The highest BCUT2D eigenvalue weighted by atomic mass is 32.2. The molecule has 0 radical (unpaired) electrons. The van der Waals surface area contributed by atoms with Crippen LogP contribution in [0.4, 0.5) is 17.6 Å². The average molecular weight is 624 g/mol. The number of fused-ring (bicyclic) bond motifs is 1. The van der Waals surface area contributed by atoms with Crippen LogP contribution in [-0.4, -0.2) is 98.6 Å². The zero-order chi connectivity index (χ0) is 31.6. The topological polar surface area (TPSA) is 179 Å². The van der Waals surface area contributed by atoms with Crippen LogP contribution in [0, 0.1) is 13.8 Å². The molecule has 1 saturated heterocycles. The summed E-state index contributed by atoms with van der Waals surface area (Å²) in [4.78, 5) is 32.6. The van der Waals surface area contributed by atoms with Gasteiger partial charge in [0.25, 0.3) is 0 Å². The van der Waals surface area contributed by atoms with Crippen molar-refractivity contribution in [1.82, 2.24) is 35.0 Å². The molecule has 0 amide bonds. The lowest BCUT2D eigenvalue weighted by atomic mass is 10.2. The molecule has 1 aromatic carbocycles. The highest BCUT2D eigenvalue weighted by molar-refractivity contribution is 7.92. The monoisotopic (exact) mass is 623 g/mol. The van der Waals surface area contributed by atoms with Crippen LogP contribution in [0.1, 0.15) is 48.8 Å². The first-order valence-electron chi connectivity index (χ1n) is 14.3. The number of nitrogens with one attached hydrogen (secondary N) is 2. The minimum absolute atomic E-state index is 0.0565. The third-order valence-corrected chi connectivity index (χ3v) is 10.2. The number of carboxylic acid groups (broad SMARTS) is 1. The Bertz CT molecular complexity index is 1760. The molecule has 44 heavy (non-hydrogen) atoms. The van der Waals surface area contributed by atoms with Crippen molar-refractivity contribution < 1.29 is 23.1 Å². The molecular weight excluding hydrogens is 586 g/mol. The van der Waals surface area contributed by atoms with Crippen molar-refractivity contribution in [2.45, 2.75) is 50.7 Å². The van der Waals surface area contributed by atoms with Crippen LogP contribution in [0.25, 0.3) is 10.9 Å². The Morgan fingerprint density at radius 1 is 1.05 bits per heavy atom. The number of ether oxygens (including phenoxy) is 1. The van der Waals surface area contributed by atoms with E-state index in [0.717, 1.165) is 30.9 Å². The van der Waals surface area contributed by atoms with Crippen LogP contribution in [0.5, 0.6) is 5.75 Å². The third-order valence-electron chi connectivity index (χ3n) is 7.70.